The highest BCUT2D eigenvalue weighted by Gasteiger charge is 2.21. The summed E-state index contributed by atoms with van der Waals surface area (Å²) in [5.74, 6) is -0.166. The first-order chi connectivity index (χ1) is 10.6. The molecular weight excluding hydrogens is 280 g/mol. The molecule has 1 aliphatic rings. The molecule has 0 saturated heterocycles. The van der Waals surface area contributed by atoms with E-state index in [-0.39, 0.29) is 5.91 Å². The maximum atomic E-state index is 12.3. The van der Waals surface area contributed by atoms with E-state index in [1.807, 2.05) is 24.3 Å². The van der Waals surface area contributed by atoms with Gasteiger partial charge < -0.3 is 15.7 Å². The molecule has 0 fully saturated rings. The molecule has 6 nitrogen and oxygen atoms in total. The van der Waals surface area contributed by atoms with Crippen LogP contribution in [0.25, 0.3) is 0 Å². The quantitative estimate of drug-likeness (QED) is 0.679. The Morgan fingerprint density at radius 3 is 2.91 bits per heavy atom. The molecule has 1 aliphatic heterocycles. The first kappa shape index (κ1) is 14.7. The highest BCUT2D eigenvalue weighted by molar-refractivity contribution is 5.94. The van der Waals surface area contributed by atoms with Gasteiger partial charge in [0.15, 0.2) is 5.69 Å². The standard InChI is InChI=1S/C16H20N4O2/c1-10(21)12-4-2-11(3-5-12)8-18-16(22)15-13-9-17-7-6-14(13)19-20-15/h2-5,10,17,21H,6-9H2,1H3,(H,18,22)(H,19,20). The van der Waals surface area contributed by atoms with E-state index in [0.29, 0.717) is 18.8 Å². The summed E-state index contributed by atoms with van der Waals surface area (Å²) in [6.07, 6.45) is 0.392. The Hall–Kier alpha value is -2.18. The molecule has 2 aromatic rings. The second kappa shape index (κ2) is 6.29. The number of amides is 1. The number of aromatic amines is 1. The molecule has 1 unspecified atom stereocenters. The molecule has 0 bridgehead atoms. The first-order valence-electron chi connectivity index (χ1n) is 7.47. The Balaban J connectivity index is 1.64. The van der Waals surface area contributed by atoms with E-state index in [4.69, 9.17) is 0 Å². The first-order valence-corrected chi connectivity index (χ1v) is 7.47. The number of rotatable bonds is 4. The van der Waals surface area contributed by atoms with Crippen molar-refractivity contribution in [3.8, 4) is 0 Å². The molecular formula is C16H20N4O2. The molecule has 1 amide bonds. The van der Waals surface area contributed by atoms with Crippen LogP contribution in [-0.4, -0.2) is 27.8 Å². The van der Waals surface area contributed by atoms with Crippen LogP contribution in [-0.2, 0) is 19.5 Å². The molecule has 6 heteroatoms. The van der Waals surface area contributed by atoms with E-state index in [0.717, 1.165) is 35.3 Å². The summed E-state index contributed by atoms with van der Waals surface area (Å²) in [5, 5.41) is 22.7. The predicted molar refractivity (Wildman–Crippen MR) is 82.2 cm³/mol. The van der Waals surface area contributed by atoms with Crippen LogP contribution in [0.5, 0.6) is 0 Å². The molecule has 0 aliphatic carbocycles. The van der Waals surface area contributed by atoms with Crippen molar-refractivity contribution in [2.45, 2.75) is 32.5 Å². The molecule has 0 spiro atoms. The summed E-state index contributed by atoms with van der Waals surface area (Å²) in [4.78, 5) is 12.3. The van der Waals surface area contributed by atoms with Crippen LogP contribution < -0.4 is 10.6 Å². The van der Waals surface area contributed by atoms with E-state index in [9.17, 15) is 9.90 Å². The zero-order chi connectivity index (χ0) is 15.5. The lowest BCUT2D eigenvalue weighted by molar-refractivity contribution is 0.0944. The highest BCUT2D eigenvalue weighted by Crippen LogP contribution is 2.16. The maximum absolute atomic E-state index is 12.3. The fourth-order valence-electron chi connectivity index (χ4n) is 2.59. The lowest BCUT2D eigenvalue weighted by Crippen LogP contribution is -2.28. The van der Waals surface area contributed by atoms with Crippen LogP contribution in [0, 0.1) is 0 Å². The van der Waals surface area contributed by atoms with Crippen LogP contribution in [0.1, 0.15) is 45.9 Å². The lowest BCUT2D eigenvalue weighted by atomic mass is 10.1. The van der Waals surface area contributed by atoms with Gasteiger partial charge in [-0.25, -0.2) is 0 Å². The molecule has 116 valence electrons. The lowest BCUT2D eigenvalue weighted by Gasteiger charge is -2.13. The third kappa shape index (κ3) is 3.03. The molecule has 1 aromatic heterocycles. The van der Waals surface area contributed by atoms with Crippen LogP contribution >= 0.6 is 0 Å². The van der Waals surface area contributed by atoms with E-state index in [1.54, 1.807) is 6.92 Å². The number of fused-ring (bicyclic) bond motifs is 1. The Morgan fingerprint density at radius 2 is 2.18 bits per heavy atom. The number of aliphatic hydroxyl groups excluding tert-OH is 1. The number of carbonyl (C=O) groups excluding carboxylic acids is 1. The van der Waals surface area contributed by atoms with Gasteiger partial charge in [0.1, 0.15) is 0 Å². The normalized spacial score (nSPS) is 15.2. The topological polar surface area (TPSA) is 90.0 Å². The van der Waals surface area contributed by atoms with Crippen LogP contribution in [0.15, 0.2) is 24.3 Å². The number of carbonyl (C=O) groups is 1. The van der Waals surface area contributed by atoms with E-state index < -0.39 is 6.10 Å². The third-order valence-corrected chi connectivity index (χ3v) is 3.94. The van der Waals surface area contributed by atoms with Crippen molar-refractivity contribution in [2.24, 2.45) is 0 Å². The summed E-state index contributed by atoms with van der Waals surface area (Å²) < 4.78 is 0. The minimum atomic E-state index is -0.480. The average molecular weight is 300 g/mol. The van der Waals surface area contributed by atoms with Crippen molar-refractivity contribution < 1.29 is 9.90 Å². The molecule has 1 aromatic carbocycles. The van der Waals surface area contributed by atoms with Crippen molar-refractivity contribution in [1.29, 1.82) is 0 Å². The molecule has 2 heterocycles. The van der Waals surface area contributed by atoms with Gasteiger partial charge in [-0.3, -0.25) is 9.89 Å². The number of H-pyrrole nitrogens is 1. The van der Waals surface area contributed by atoms with Gasteiger partial charge in [-0.1, -0.05) is 24.3 Å². The number of hydrogen-bond acceptors (Lipinski definition) is 4. The Labute approximate surface area is 128 Å². The zero-order valence-corrected chi connectivity index (χ0v) is 12.5. The van der Waals surface area contributed by atoms with Gasteiger partial charge in [0.2, 0.25) is 0 Å². The number of nitrogens with one attached hydrogen (secondary N) is 3. The predicted octanol–water partition coefficient (Wildman–Crippen LogP) is 1.04. The van der Waals surface area contributed by atoms with Crippen molar-refractivity contribution in [2.75, 3.05) is 6.54 Å². The van der Waals surface area contributed by atoms with Crippen LogP contribution in [0.4, 0.5) is 0 Å². The van der Waals surface area contributed by atoms with Gasteiger partial charge in [0, 0.05) is 37.3 Å². The summed E-state index contributed by atoms with van der Waals surface area (Å²) in [6.45, 7) is 3.75. The summed E-state index contributed by atoms with van der Waals surface area (Å²) in [6, 6.07) is 7.55. The third-order valence-electron chi connectivity index (χ3n) is 3.94. The Bertz CT molecular complexity index is 661. The smallest absolute Gasteiger partial charge is 0.272 e. The van der Waals surface area contributed by atoms with Crippen LogP contribution in [0.3, 0.4) is 0 Å². The number of benzene rings is 1. The largest absolute Gasteiger partial charge is 0.389 e. The number of nitrogens with zero attached hydrogens (tertiary/aromatic N) is 1. The highest BCUT2D eigenvalue weighted by atomic mass is 16.3. The minimum absolute atomic E-state index is 0.166. The molecule has 0 saturated carbocycles. The van der Waals surface area contributed by atoms with Crippen molar-refractivity contribution in [3.63, 3.8) is 0 Å². The molecule has 4 N–H and O–H groups in total. The maximum Gasteiger partial charge on any atom is 0.272 e. The fourth-order valence-corrected chi connectivity index (χ4v) is 2.59. The van der Waals surface area contributed by atoms with E-state index in [1.165, 1.54) is 0 Å². The second-order valence-corrected chi connectivity index (χ2v) is 5.56. The van der Waals surface area contributed by atoms with Gasteiger partial charge >= 0.3 is 0 Å². The minimum Gasteiger partial charge on any atom is -0.389 e. The van der Waals surface area contributed by atoms with E-state index in [2.05, 4.69) is 20.8 Å². The van der Waals surface area contributed by atoms with Gasteiger partial charge in [-0.15, -0.1) is 0 Å². The zero-order valence-electron chi connectivity index (χ0n) is 12.5. The number of hydrogen-bond donors (Lipinski definition) is 4. The van der Waals surface area contributed by atoms with Crippen molar-refractivity contribution in [1.82, 2.24) is 20.8 Å². The van der Waals surface area contributed by atoms with Gasteiger partial charge in [0.05, 0.1) is 6.10 Å². The molecule has 1 atom stereocenters. The molecule has 3 rings (SSSR count). The van der Waals surface area contributed by atoms with E-state index >= 15 is 0 Å². The van der Waals surface area contributed by atoms with Crippen molar-refractivity contribution >= 4 is 5.91 Å². The number of aromatic nitrogens is 2. The second-order valence-electron chi connectivity index (χ2n) is 5.56. The Kier molecular flexibility index (Phi) is 4.22. The summed E-state index contributed by atoms with van der Waals surface area (Å²) in [5.41, 5.74) is 4.34. The fraction of sp³-hybridized carbons (Fsp3) is 0.375. The average Bonchev–Trinajstić information content (AvgIpc) is 2.97. The van der Waals surface area contributed by atoms with Crippen molar-refractivity contribution in [3.05, 3.63) is 52.3 Å². The molecule has 0 radical (unpaired) electrons. The van der Waals surface area contributed by atoms with Gasteiger partial charge in [-0.2, -0.15) is 5.10 Å². The molecule has 22 heavy (non-hydrogen) atoms. The van der Waals surface area contributed by atoms with Crippen LogP contribution in [0.2, 0.25) is 0 Å². The summed E-state index contributed by atoms with van der Waals surface area (Å²) in [7, 11) is 0. The SMILES string of the molecule is CC(O)c1ccc(CNC(=O)c2n[nH]c3c2CNCC3)cc1. The Morgan fingerprint density at radius 1 is 1.41 bits per heavy atom. The number of aliphatic hydroxyl groups is 1. The van der Waals surface area contributed by atoms with Gasteiger partial charge in [-0.05, 0) is 18.1 Å². The van der Waals surface area contributed by atoms with Gasteiger partial charge in [0.25, 0.3) is 5.91 Å². The monoisotopic (exact) mass is 300 g/mol. The summed E-state index contributed by atoms with van der Waals surface area (Å²) >= 11 is 0.